The van der Waals surface area contributed by atoms with Crippen molar-refractivity contribution < 1.29 is 9.18 Å². The molecule has 5 nitrogen and oxygen atoms in total. The second-order valence-electron chi connectivity index (χ2n) is 4.86. The van der Waals surface area contributed by atoms with Crippen LogP contribution in [0.15, 0.2) is 36.2 Å². The normalized spacial score (nSPS) is 10.7. The largest absolute Gasteiger partial charge is 0.366 e. The average molecular weight is 328 g/mol. The van der Waals surface area contributed by atoms with E-state index >= 15 is 0 Å². The van der Waals surface area contributed by atoms with Gasteiger partial charge < -0.3 is 5.73 Å². The van der Waals surface area contributed by atoms with Crippen LogP contribution in [-0.2, 0) is 6.42 Å². The SMILES string of the molecule is CCc1c(C(N)=O)cc(-c2ncc(F)cn2)cc1-c1cncs1. The molecule has 0 radical (unpaired) electrons. The van der Waals surface area contributed by atoms with Crippen molar-refractivity contribution in [2.75, 3.05) is 0 Å². The molecular formula is C16H13FN4OS. The summed E-state index contributed by atoms with van der Waals surface area (Å²) < 4.78 is 13.0. The fourth-order valence-electron chi connectivity index (χ4n) is 2.43. The number of nitrogens with two attached hydrogens (primary N) is 1. The molecule has 0 spiro atoms. The lowest BCUT2D eigenvalue weighted by atomic mass is 9.94. The number of aromatic nitrogens is 3. The minimum Gasteiger partial charge on any atom is -0.366 e. The molecule has 0 bridgehead atoms. The number of carbonyl (C=O) groups is 1. The molecule has 116 valence electrons. The molecule has 0 unspecified atom stereocenters. The van der Waals surface area contributed by atoms with Crippen LogP contribution in [0.25, 0.3) is 21.8 Å². The van der Waals surface area contributed by atoms with E-state index in [1.165, 1.54) is 11.3 Å². The van der Waals surface area contributed by atoms with Crippen LogP contribution in [-0.4, -0.2) is 20.9 Å². The Labute approximate surface area is 136 Å². The van der Waals surface area contributed by atoms with Gasteiger partial charge in [0.25, 0.3) is 0 Å². The molecule has 0 aliphatic heterocycles. The highest BCUT2D eigenvalue weighted by atomic mass is 32.1. The number of rotatable bonds is 4. The molecule has 2 heterocycles. The Morgan fingerprint density at radius 3 is 2.57 bits per heavy atom. The van der Waals surface area contributed by atoms with E-state index in [4.69, 9.17) is 5.73 Å². The lowest BCUT2D eigenvalue weighted by Gasteiger charge is -2.13. The van der Waals surface area contributed by atoms with Crippen LogP contribution >= 0.6 is 11.3 Å². The summed E-state index contributed by atoms with van der Waals surface area (Å²) >= 11 is 1.47. The Bertz CT molecular complexity index is 847. The van der Waals surface area contributed by atoms with E-state index in [2.05, 4.69) is 15.0 Å². The predicted molar refractivity (Wildman–Crippen MR) is 86.4 cm³/mol. The van der Waals surface area contributed by atoms with Gasteiger partial charge in [-0.2, -0.15) is 0 Å². The number of hydrogen-bond donors (Lipinski definition) is 1. The minimum atomic E-state index is -0.517. The lowest BCUT2D eigenvalue weighted by Crippen LogP contribution is -2.14. The highest BCUT2D eigenvalue weighted by molar-refractivity contribution is 7.13. The number of hydrogen-bond acceptors (Lipinski definition) is 5. The summed E-state index contributed by atoms with van der Waals surface area (Å²) in [5, 5.41) is 0. The first-order chi connectivity index (χ1) is 11.1. The van der Waals surface area contributed by atoms with Crippen molar-refractivity contribution >= 4 is 17.2 Å². The number of thiazole rings is 1. The monoisotopic (exact) mass is 328 g/mol. The predicted octanol–water partition coefficient (Wildman–Crippen LogP) is 3.07. The van der Waals surface area contributed by atoms with Gasteiger partial charge in [0.1, 0.15) is 0 Å². The van der Waals surface area contributed by atoms with Crippen LogP contribution in [0.5, 0.6) is 0 Å². The average Bonchev–Trinajstić information content (AvgIpc) is 3.08. The van der Waals surface area contributed by atoms with Gasteiger partial charge in [-0.25, -0.2) is 14.4 Å². The van der Waals surface area contributed by atoms with Gasteiger partial charge in [0.2, 0.25) is 5.91 Å². The molecular weight excluding hydrogens is 315 g/mol. The maximum Gasteiger partial charge on any atom is 0.249 e. The number of carbonyl (C=O) groups excluding carboxylic acids is 1. The van der Waals surface area contributed by atoms with Crippen LogP contribution in [0.4, 0.5) is 4.39 Å². The summed E-state index contributed by atoms with van der Waals surface area (Å²) in [6.07, 6.45) is 4.56. The quantitative estimate of drug-likeness (QED) is 0.798. The van der Waals surface area contributed by atoms with Gasteiger partial charge in [-0.05, 0) is 29.7 Å². The molecule has 2 N–H and O–H groups in total. The molecule has 2 aromatic heterocycles. The number of halogens is 1. The van der Waals surface area contributed by atoms with Gasteiger partial charge >= 0.3 is 0 Å². The van der Waals surface area contributed by atoms with Crippen molar-refractivity contribution in [1.29, 1.82) is 0 Å². The first-order valence-electron chi connectivity index (χ1n) is 6.93. The van der Waals surface area contributed by atoms with E-state index in [0.29, 0.717) is 23.4 Å². The molecule has 0 aliphatic carbocycles. The Morgan fingerprint density at radius 2 is 2.00 bits per heavy atom. The number of primary amides is 1. The van der Waals surface area contributed by atoms with Crippen LogP contribution < -0.4 is 5.73 Å². The smallest absolute Gasteiger partial charge is 0.249 e. The Morgan fingerprint density at radius 1 is 1.26 bits per heavy atom. The maximum atomic E-state index is 13.0. The maximum absolute atomic E-state index is 13.0. The van der Waals surface area contributed by atoms with E-state index < -0.39 is 11.7 Å². The Hall–Kier alpha value is -2.67. The Balaban J connectivity index is 2.26. The van der Waals surface area contributed by atoms with Crippen LogP contribution in [0.3, 0.4) is 0 Å². The summed E-state index contributed by atoms with van der Waals surface area (Å²) in [5.41, 5.74) is 10.0. The molecule has 0 saturated carbocycles. The molecule has 3 rings (SSSR count). The summed E-state index contributed by atoms with van der Waals surface area (Å²) in [5.74, 6) is -0.698. The van der Waals surface area contributed by atoms with E-state index in [0.717, 1.165) is 28.4 Å². The second kappa shape index (κ2) is 6.21. The minimum absolute atomic E-state index is 0.335. The van der Waals surface area contributed by atoms with E-state index in [1.54, 1.807) is 17.8 Å². The zero-order chi connectivity index (χ0) is 16.4. The van der Waals surface area contributed by atoms with Crippen molar-refractivity contribution in [3.05, 3.63) is 53.2 Å². The van der Waals surface area contributed by atoms with E-state index in [1.807, 2.05) is 13.0 Å². The topological polar surface area (TPSA) is 81.8 Å². The highest BCUT2D eigenvalue weighted by Crippen LogP contribution is 2.33. The molecule has 0 atom stereocenters. The third-order valence-electron chi connectivity index (χ3n) is 3.45. The first kappa shape index (κ1) is 15.2. The van der Waals surface area contributed by atoms with Gasteiger partial charge in [0.15, 0.2) is 11.6 Å². The van der Waals surface area contributed by atoms with E-state index in [-0.39, 0.29) is 0 Å². The first-order valence-corrected chi connectivity index (χ1v) is 7.81. The van der Waals surface area contributed by atoms with Gasteiger partial charge in [-0.1, -0.05) is 6.92 Å². The van der Waals surface area contributed by atoms with Crippen molar-refractivity contribution in [1.82, 2.24) is 15.0 Å². The summed E-state index contributed by atoms with van der Waals surface area (Å²) in [6.45, 7) is 1.96. The van der Waals surface area contributed by atoms with Crippen LogP contribution in [0.2, 0.25) is 0 Å². The molecule has 0 aliphatic rings. The van der Waals surface area contributed by atoms with Gasteiger partial charge in [0.05, 0.1) is 22.8 Å². The van der Waals surface area contributed by atoms with Crippen LogP contribution in [0, 0.1) is 5.82 Å². The molecule has 23 heavy (non-hydrogen) atoms. The standard InChI is InChI=1S/C16H13FN4OS/c1-2-11-12(14-7-19-8-23-14)3-9(4-13(11)15(18)22)16-20-5-10(17)6-21-16/h3-8H,2H2,1H3,(H2,18,22). The number of amides is 1. The van der Waals surface area contributed by atoms with Crippen molar-refractivity contribution in [3.63, 3.8) is 0 Å². The zero-order valence-corrected chi connectivity index (χ0v) is 13.1. The molecule has 1 aromatic carbocycles. The molecule has 0 fully saturated rings. The molecule has 3 aromatic rings. The van der Waals surface area contributed by atoms with Crippen molar-refractivity contribution in [2.45, 2.75) is 13.3 Å². The second-order valence-corrected chi connectivity index (χ2v) is 5.74. The molecule has 7 heteroatoms. The third kappa shape index (κ3) is 2.95. The molecule has 0 saturated heterocycles. The van der Waals surface area contributed by atoms with Gasteiger partial charge in [-0.15, -0.1) is 11.3 Å². The zero-order valence-electron chi connectivity index (χ0n) is 12.3. The van der Waals surface area contributed by atoms with Crippen molar-refractivity contribution in [3.8, 4) is 21.8 Å². The third-order valence-corrected chi connectivity index (χ3v) is 4.25. The summed E-state index contributed by atoms with van der Waals surface area (Å²) in [4.78, 5) is 24.8. The van der Waals surface area contributed by atoms with E-state index in [9.17, 15) is 9.18 Å². The number of benzene rings is 1. The highest BCUT2D eigenvalue weighted by Gasteiger charge is 2.17. The lowest BCUT2D eigenvalue weighted by molar-refractivity contribution is 0.0999. The molecule has 1 amide bonds. The fourth-order valence-corrected chi connectivity index (χ4v) is 3.10. The summed E-state index contributed by atoms with van der Waals surface area (Å²) in [7, 11) is 0. The van der Waals surface area contributed by atoms with Crippen molar-refractivity contribution in [2.24, 2.45) is 5.73 Å². The Kier molecular flexibility index (Phi) is 4.12. The summed E-state index contributed by atoms with van der Waals surface area (Å²) in [6, 6.07) is 3.53. The van der Waals surface area contributed by atoms with Gasteiger partial charge in [0, 0.05) is 17.3 Å². The van der Waals surface area contributed by atoms with Crippen LogP contribution in [0.1, 0.15) is 22.8 Å². The number of nitrogens with zero attached hydrogens (tertiary/aromatic N) is 3. The fraction of sp³-hybridized carbons (Fsp3) is 0.125. The van der Waals surface area contributed by atoms with Gasteiger partial charge in [-0.3, -0.25) is 9.78 Å².